The van der Waals surface area contributed by atoms with Crippen LogP contribution in [0.1, 0.15) is 37.1 Å². The summed E-state index contributed by atoms with van der Waals surface area (Å²) in [5.74, 6) is -0.497. The standard InChI is InChI=1S/C16H22N4O3S2/c1-9-18-19-16(25-9)17-13(21)12(7-8-24-2)20-14(22)10-5-3-4-6-11(10)15(20)23/h10-12H,3-8H2,1-2H3,(H,17,19,21). The van der Waals surface area contributed by atoms with Crippen molar-refractivity contribution in [1.29, 1.82) is 0 Å². The Morgan fingerprint density at radius 3 is 2.44 bits per heavy atom. The highest BCUT2D eigenvalue weighted by molar-refractivity contribution is 7.98. The van der Waals surface area contributed by atoms with Gasteiger partial charge >= 0.3 is 0 Å². The maximum Gasteiger partial charge on any atom is 0.249 e. The van der Waals surface area contributed by atoms with Crippen LogP contribution in [-0.4, -0.2) is 50.9 Å². The van der Waals surface area contributed by atoms with Crippen LogP contribution in [0.3, 0.4) is 0 Å². The largest absolute Gasteiger partial charge is 0.299 e. The van der Waals surface area contributed by atoms with Crippen molar-refractivity contribution in [2.75, 3.05) is 17.3 Å². The number of hydrogen-bond acceptors (Lipinski definition) is 7. The highest BCUT2D eigenvalue weighted by Gasteiger charge is 2.51. The first-order chi connectivity index (χ1) is 12.0. The molecule has 0 radical (unpaired) electrons. The zero-order valence-electron chi connectivity index (χ0n) is 14.4. The van der Waals surface area contributed by atoms with E-state index in [4.69, 9.17) is 0 Å². The molecule has 1 N–H and O–H groups in total. The number of carbonyl (C=O) groups excluding carboxylic acids is 3. The lowest BCUT2D eigenvalue weighted by Crippen LogP contribution is -2.48. The second-order valence-electron chi connectivity index (χ2n) is 6.46. The third-order valence-electron chi connectivity index (χ3n) is 4.84. The Kier molecular flexibility index (Phi) is 5.73. The third kappa shape index (κ3) is 3.72. The van der Waals surface area contributed by atoms with Crippen molar-refractivity contribution >= 4 is 46.0 Å². The van der Waals surface area contributed by atoms with Crippen LogP contribution in [0.15, 0.2) is 0 Å². The van der Waals surface area contributed by atoms with Gasteiger partial charge in [0, 0.05) is 0 Å². The van der Waals surface area contributed by atoms with E-state index in [1.54, 1.807) is 18.7 Å². The molecule has 0 aromatic carbocycles. The molecule has 1 saturated carbocycles. The van der Waals surface area contributed by atoms with Gasteiger partial charge in [-0.05, 0) is 38.2 Å². The summed E-state index contributed by atoms with van der Waals surface area (Å²) in [5.41, 5.74) is 0. The molecule has 2 fully saturated rings. The minimum absolute atomic E-state index is 0.176. The van der Waals surface area contributed by atoms with Gasteiger partial charge in [0.2, 0.25) is 22.9 Å². The molecular weight excluding hydrogens is 360 g/mol. The summed E-state index contributed by atoms with van der Waals surface area (Å²) in [5, 5.41) is 11.6. The van der Waals surface area contributed by atoms with Crippen LogP contribution in [0.25, 0.3) is 0 Å². The SMILES string of the molecule is CSCCC(C(=O)Nc1nnc(C)s1)N1C(=O)C2CCCCC2C1=O. The van der Waals surface area contributed by atoms with Crippen molar-refractivity contribution < 1.29 is 14.4 Å². The average Bonchev–Trinajstić information content (AvgIpc) is 3.11. The van der Waals surface area contributed by atoms with E-state index in [1.807, 2.05) is 6.26 Å². The Morgan fingerprint density at radius 2 is 1.92 bits per heavy atom. The Bertz CT molecular complexity index is 654. The minimum Gasteiger partial charge on any atom is -0.299 e. The van der Waals surface area contributed by atoms with Gasteiger partial charge in [-0.25, -0.2) is 0 Å². The molecule has 0 bridgehead atoms. The summed E-state index contributed by atoms with van der Waals surface area (Å²) in [4.78, 5) is 39.6. The van der Waals surface area contributed by atoms with Crippen LogP contribution < -0.4 is 5.32 Å². The van der Waals surface area contributed by atoms with E-state index in [2.05, 4.69) is 15.5 Å². The van der Waals surface area contributed by atoms with Crippen molar-refractivity contribution in [3.05, 3.63) is 5.01 Å². The molecule has 1 aliphatic heterocycles. The zero-order valence-corrected chi connectivity index (χ0v) is 16.0. The van der Waals surface area contributed by atoms with Gasteiger partial charge in [-0.15, -0.1) is 10.2 Å². The van der Waals surface area contributed by atoms with Gasteiger partial charge in [-0.2, -0.15) is 11.8 Å². The Labute approximate surface area is 154 Å². The Morgan fingerprint density at radius 1 is 1.28 bits per heavy atom. The van der Waals surface area contributed by atoms with Crippen molar-refractivity contribution in [3.8, 4) is 0 Å². The molecule has 7 nitrogen and oxygen atoms in total. The fraction of sp³-hybridized carbons (Fsp3) is 0.688. The van der Waals surface area contributed by atoms with E-state index in [-0.39, 0.29) is 29.6 Å². The highest BCUT2D eigenvalue weighted by atomic mass is 32.2. The number of rotatable bonds is 6. The van der Waals surface area contributed by atoms with Crippen LogP contribution in [0, 0.1) is 18.8 Å². The third-order valence-corrected chi connectivity index (χ3v) is 6.24. The molecule has 1 aromatic heterocycles. The molecule has 25 heavy (non-hydrogen) atoms. The lowest BCUT2D eigenvalue weighted by Gasteiger charge is -2.25. The Balaban J connectivity index is 1.80. The molecule has 1 aromatic rings. The number of nitrogens with zero attached hydrogens (tertiary/aromatic N) is 3. The number of imide groups is 1. The number of fused-ring (bicyclic) bond motifs is 1. The van der Waals surface area contributed by atoms with Gasteiger partial charge < -0.3 is 0 Å². The van der Waals surface area contributed by atoms with Crippen molar-refractivity contribution in [2.45, 2.75) is 45.1 Å². The quantitative estimate of drug-likeness (QED) is 0.758. The van der Waals surface area contributed by atoms with Crippen LogP contribution >= 0.6 is 23.1 Å². The van der Waals surface area contributed by atoms with Gasteiger partial charge in [0.05, 0.1) is 11.8 Å². The summed E-state index contributed by atoms with van der Waals surface area (Å²) in [6.07, 6.45) is 5.83. The zero-order chi connectivity index (χ0) is 18.0. The second kappa shape index (κ2) is 7.82. The topological polar surface area (TPSA) is 92.3 Å². The van der Waals surface area contributed by atoms with E-state index in [9.17, 15) is 14.4 Å². The molecule has 3 amide bonds. The van der Waals surface area contributed by atoms with E-state index in [0.29, 0.717) is 17.3 Å². The van der Waals surface area contributed by atoms with Gasteiger partial charge in [0.1, 0.15) is 11.0 Å². The predicted octanol–water partition coefficient (Wildman–Crippen LogP) is 2.08. The molecule has 0 spiro atoms. The normalized spacial score (nSPS) is 24.3. The van der Waals surface area contributed by atoms with Crippen LogP contribution in [-0.2, 0) is 14.4 Å². The molecular formula is C16H22N4O3S2. The van der Waals surface area contributed by atoms with E-state index in [0.717, 1.165) is 30.7 Å². The number of carbonyl (C=O) groups is 3. The highest BCUT2D eigenvalue weighted by Crippen LogP contribution is 2.39. The number of hydrogen-bond donors (Lipinski definition) is 1. The molecule has 3 unspecified atom stereocenters. The minimum atomic E-state index is -0.776. The average molecular weight is 383 g/mol. The van der Waals surface area contributed by atoms with E-state index < -0.39 is 6.04 Å². The number of nitrogens with one attached hydrogen (secondary N) is 1. The maximum absolute atomic E-state index is 12.8. The molecule has 1 saturated heterocycles. The molecule has 2 heterocycles. The van der Waals surface area contributed by atoms with Crippen molar-refractivity contribution in [3.63, 3.8) is 0 Å². The van der Waals surface area contributed by atoms with Gasteiger partial charge in [0.25, 0.3) is 0 Å². The molecule has 9 heteroatoms. The fourth-order valence-electron chi connectivity index (χ4n) is 3.64. The van der Waals surface area contributed by atoms with E-state index >= 15 is 0 Å². The smallest absolute Gasteiger partial charge is 0.249 e. The van der Waals surface area contributed by atoms with Gasteiger partial charge in [-0.3, -0.25) is 24.6 Å². The lowest BCUT2D eigenvalue weighted by atomic mass is 9.81. The first kappa shape index (κ1) is 18.3. The van der Waals surface area contributed by atoms with Crippen LogP contribution in [0.2, 0.25) is 0 Å². The first-order valence-corrected chi connectivity index (χ1v) is 10.7. The number of amides is 3. The van der Waals surface area contributed by atoms with Crippen molar-refractivity contribution in [1.82, 2.24) is 15.1 Å². The second-order valence-corrected chi connectivity index (χ2v) is 8.62. The summed E-state index contributed by atoms with van der Waals surface area (Å²) >= 11 is 2.86. The van der Waals surface area contributed by atoms with Crippen molar-refractivity contribution in [2.24, 2.45) is 11.8 Å². The molecule has 3 atom stereocenters. The summed E-state index contributed by atoms with van der Waals surface area (Å²) in [6, 6.07) is -0.776. The van der Waals surface area contributed by atoms with Crippen LogP contribution in [0.5, 0.6) is 0 Å². The lowest BCUT2D eigenvalue weighted by molar-refractivity contribution is -0.146. The van der Waals surface area contributed by atoms with Crippen LogP contribution in [0.4, 0.5) is 5.13 Å². The number of aryl methyl sites for hydroxylation is 1. The summed E-state index contributed by atoms with van der Waals surface area (Å²) in [6.45, 7) is 1.80. The monoisotopic (exact) mass is 382 g/mol. The summed E-state index contributed by atoms with van der Waals surface area (Å²) < 4.78 is 0. The van der Waals surface area contributed by atoms with Gasteiger partial charge in [0.15, 0.2) is 0 Å². The molecule has 1 aliphatic carbocycles. The molecule has 2 aliphatic rings. The Hall–Kier alpha value is -1.48. The number of anilines is 1. The number of thioether (sulfide) groups is 1. The first-order valence-electron chi connectivity index (χ1n) is 8.49. The predicted molar refractivity (Wildman–Crippen MR) is 97.4 cm³/mol. The number of aromatic nitrogens is 2. The fourth-order valence-corrected chi connectivity index (χ4v) is 4.69. The summed E-state index contributed by atoms with van der Waals surface area (Å²) in [7, 11) is 0. The molecule has 136 valence electrons. The van der Waals surface area contributed by atoms with Gasteiger partial charge in [-0.1, -0.05) is 24.2 Å². The number of likely N-dealkylation sites (tertiary alicyclic amines) is 1. The van der Waals surface area contributed by atoms with E-state index in [1.165, 1.54) is 16.2 Å². The molecule has 3 rings (SSSR count). The maximum atomic E-state index is 12.8.